The van der Waals surface area contributed by atoms with E-state index in [4.69, 9.17) is 5.11 Å². The SMILES string of the molecule is CCn1cc(C(C)NC(=O)c2ccn(CCC(=O)O)n2)c(C)n1. The lowest BCUT2D eigenvalue weighted by Crippen LogP contribution is -2.27. The first-order valence-corrected chi connectivity index (χ1v) is 7.50. The van der Waals surface area contributed by atoms with Crippen LogP contribution in [-0.2, 0) is 17.9 Å². The quantitative estimate of drug-likeness (QED) is 0.802. The van der Waals surface area contributed by atoms with Crippen molar-refractivity contribution in [3.05, 3.63) is 35.4 Å². The predicted molar refractivity (Wildman–Crippen MR) is 83.0 cm³/mol. The summed E-state index contributed by atoms with van der Waals surface area (Å²) in [5.41, 5.74) is 2.11. The van der Waals surface area contributed by atoms with Gasteiger partial charge in [-0.25, -0.2) is 0 Å². The molecule has 0 spiro atoms. The highest BCUT2D eigenvalue weighted by molar-refractivity contribution is 5.92. The molecule has 2 aromatic heterocycles. The number of carboxylic acid groups (broad SMARTS) is 1. The van der Waals surface area contributed by atoms with E-state index >= 15 is 0 Å². The summed E-state index contributed by atoms with van der Waals surface area (Å²) in [6.07, 6.45) is 3.49. The van der Waals surface area contributed by atoms with Crippen molar-refractivity contribution >= 4 is 11.9 Å². The van der Waals surface area contributed by atoms with Crippen LogP contribution in [0.3, 0.4) is 0 Å². The Bertz CT molecular complexity index is 704. The molecule has 0 aliphatic rings. The summed E-state index contributed by atoms with van der Waals surface area (Å²) in [6.45, 7) is 6.81. The smallest absolute Gasteiger partial charge is 0.305 e. The zero-order valence-corrected chi connectivity index (χ0v) is 13.5. The molecule has 1 atom stereocenters. The molecular weight excluding hydrogens is 298 g/mol. The second kappa shape index (κ2) is 7.08. The molecule has 2 heterocycles. The number of carbonyl (C=O) groups is 2. The van der Waals surface area contributed by atoms with Crippen LogP contribution in [0.1, 0.15) is 48.1 Å². The third kappa shape index (κ3) is 4.18. The maximum absolute atomic E-state index is 12.2. The van der Waals surface area contributed by atoms with Gasteiger partial charge in [0.05, 0.1) is 24.7 Å². The number of amides is 1. The van der Waals surface area contributed by atoms with E-state index in [-0.39, 0.29) is 30.6 Å². The Balaban J connectivity index is 2.00. The number of carbonyl (C=O) groups excluding carboxylic acids is 1. The van der Waals surface area contributed by atoms with Crippen molar-refractivity contribution in [2.24, 2.45) is 0 Å². The molecule has 0 bridgehead atoms. The number of hydrogen-bond donors (Lipinski definition) is 2. The summed E-state index contributed by atoms with van der Waals surface area (Å²) < 4.78 is 3.28. The van der Waals surface area contributed by atoms with Gasteiger partial charge in [-0.05, 0) is 26.8 Å². The van der Waals surface area contributed by atoms with Crippen LogP contribution >= 0.6 is 0 Å². The molecule has 8 nitrogen and oxygen atoms in total. The minimum absolute atomic E-state index is 0.0332. The van der Waals surface area contributed by atoms with Crippen molar-refractivity contribution in [3.8, 4) is 0 Å². The van der Waals surface area contributed by atoms with Crippen molar-refractivity contribution in [2.75, 3.05) is 0 Å². The highest BCUT2D eigenvalue weighted by Crippen LogP contribution is 2.16. The molecule has 0 saturated heterocycles. The number of nitrogens with one attached hydrogen (secondary N) is 1. The van der Waals surface area contributed by atoms with Gasteiger partial charge in [-0.3, -0.25) is 19.0 Å². The lowest BCUT2D eigenvalue weighted by Gasteiger charge is -2.12. The number of nitrogens with zero attached hydrogens (tertiary/aromatic N) is 4. The Labute approximate surface area is 134 Å². The second-order valence-corrected chi connectivity index (χ2v) is 5.33. The Morgan fingerprint density at radius 2 is 2.09 bits per heavy atom. The highest BCUT2D eigenvalue weighted by Gasteiger charge is 2.17. The van der Waals surface area contributed by atoms with E-state index in [1.54, 1.807) is 12.3 Å². The summed E-state index contributed by atoms with van der Waals surface area (Å²) in [5.74, 6) is -1.20. The van der Waals surface area contributed by atoms with E-state index in [9.17, 15) is 9.59 Å². The normalized spacial score (nSPS) is 12.1. The molecule has 0 fully saturated rings. The number of aliphatic carboxylic acids is 1. The van der Waals surface area contributed by atoms with Crippen molar-refractivity contribution in [3.63, 3.8) is 0 Å². The molecule has 0 radical (unpaired) electrons. The summed E-state index contributed by atoms with van der Waals surface area (Å²) in [6, 6.07) is 1.39. The number of hydrogen-bond acceptors (Lipinski definition) is 4. The average molecular weight is 319 g/mol. The van der Waals surface area contributed by atoms with E-state index in [1.807, 2.05) is 31.6 Å². The summed E-state index contributed by atoms with van der Waals surface area (Å²) in [7, 11) is 0. The molecule has 0 aromatic carbocycles. The molecule has 1 unspecified atom stereocenters. The molecule has 0 saturated carbocycles. The minimum Gasteiger partial charge on any atom is -0.481 e. The molecular formula is C15H21N5O3. The number of aryl methyl sites for hydroxylation is 3. The van der Waals surface area contributed by atoms with E-state index in [1.165, 1.54) is 4.68 Å². The van der Waals surface area contributed by atoms with E-state index in [0.29, 0.717) is 0 Å². The maximum atomic E-state index is 12.2. The van der Waals surface area contributed by atoms with Crippen LogP contribution in [-0.4, -0.2) is 36.5 Å². The van der Waals surface area contributed by atoms with Gasteiger partial charge in [-0.15, -0.1) is 0 Å². The van der Waals surface area contributed by atoms with Crippen molar-refractivity contribution in [2.45, 2.75) is 46.3 Å². The molecule has 2 aromatic rings. The third-order valence-corrected chi connectivity index (χ3v) is 3.55. The molecule has 8 heteroatoms. The summed E-state index contributed by atoms with van der Waals surface area (Å²) >= 11 is 0. The second-order valence-electron chi connectivity index (χ2n) is 5.33. The Morgan fingerprint density at radius 3 is 2.70 bits per heavy atom. The summed E-state index contributed by atoms with van der Waals surface area (Å²) in [4.78, 5) is 22.8. The molecule has 124 valence electrons. The molecule has 0 aliphatic heterocycles. The monoisotopic (exact) mass is 319 g/mol. The maximum Gasteiger partial charge on any atom is 0.305 e. The standard InChI is InChI=1S/C15H21N5O3/c1-4-19-9-12(11(3)17-19)10(2)16-15(23)13-5-7-20(18-13)8-6-14(21)22/h5,7,9-10H,4,6,8H2,1-3H3,(H,16,23)(H,21,22). The fourth-order valence-electron chi connectivity index (χ4n) is 2.29. The molecule has 2 rings (SSSR count). The Hall–Kier alpha value is -2.64. The van der Waals surface area contributed by atoms with Crippen LogP contribution in [0.25, 0.3) is 0 Å². The summed E-state index contributed by atoms with van der Waals surface area (Å²) in [5, 5.41) is 20.0. The Morgan fingerprint density at radius 1 is 1.35 bits per heavy atom. The molecule has 23 heavy (non-hydrogen) atoms. The first kappa shape index (κ1) is 16.7. The molecule has 0 aliphatic carbocycles. The average Bonchev–Trinajstić information content (AvgIpc) is 3.11. The van der Waals surface area contributed by atoms with Gasteiger partial charge in [-0.1, -0.05) is 0 Å². The fourth-order valence-corrected chi connectivity index (χ4v) is 2.29. The van der Waals surface area contributed by atoms with E-state index < -0.39 is 5.97 Å². The van der Waals surface area contributed by atoms with Crippen LogP contribution in [0.15, 0.2) is 18.5 Å². The van der Waals surface area contributed by atoms with Gasteiger partial charge in [0.25, 0.3) is 5.91 Å². The van der Waals surface area contributed by atoms with Gasteiger partial charge in [-0.2, -0.15) is 10.2 Å². The first-order chi connectivity index (χ1) is 10.9. The van der Waals surface area contributed by atoms with E-state index in [0.717, 1.165) is 17.8 Å². The van der Waals surface area contributed by atoms with Gasteiger partial charge in [0.1, 0.15) is 5.69 Å². The van der Waals surface area contributed by atoms with Crippen LogP contribution in [0.5, 0.6) is 0 Å². The van der Waals surface area contributed by atoms with Gasteiger partial charge in [0.15, 0.2) is 0 Å². The molecule has 1 amide bonds. The minimum atomic E-state index is -0.900. The topological polar surface area (TPSA) is 102 Å². The van der Waals surface area contributed by atoms with Crippen LogP contribution in [0.2, 0.25) is 0 Å². The fraction of sp³-hybridized carbons (Fsp3) is 0.467. The third-order valence-electron chi connectivity index (χ3n) is 3.55. The Kier molecular flexibility index (Phi) is 5.15. The van der Waals surface area contributed by atoms with Gasteiger partial charge in [0.2, 0.25) is 0 Å². The first-order valence-electron chi connectivity index (χ1n) is 7.50. The zero-order valence-electron chi connectivity index (χ0n) is 13.5. The number of aromatic nitrogens is 4. The van der Waals surface area contributed by atoms with Crippen molar-refractivity contribution in [1.29, 1.82) is 0 Å². The predicted octanol–water partition coefficient (Wildman–Crippen LogP) is 1.37. The van der Waals surface area contributed by atoms with E-state index in [2.05, 4.69) is 15.5 Å². The van der Waals surface area contributed by atoms with Crippen LogP contribution < -0.4 is 5.32 Å². The number of carboxylic acids is 1. The van der Waals surface area contributed by atoms with Gasteiger partial charge in [0, 0.05) is 24.5 Å². The van der Waals surface area contributed by atoms with Crippen molar-refractivity contribution in [1.82, 2.24) is 24.9 Å². The van der Waals surface area contributed by atoms with Crippen LogP contribution in [0, 0.1) is 6.92 Å². The lowest BCUT2D eigenvalue weighted by atomic mass is 10.1. The lowest BCUT2D eigenvalue weighted by molar-refractivity contribution is -0.137. The highest BCUT2D eigenvalue weighted by atomic mass is 16.4. The van der Waals surface area contributed by atoms with Crippen molar-refractivity contribution < 1.29 is 14.7 Å². The van der Waals surface area contributed by atoms with Gasteiger partial charge < -0.3 is 10.4 Å². The van der Waals surface area contributed by atoms with Crippen LogP contribution in [0.4, 0.5) is 0 Å². The number of rotatable bonds is 7. The van der Waals surface area contributed by atoms with Gasteiger partial charge >= 0.3 is 5.97 Å². The largest absolute Gasteiger partial charge is 0.481 e. The molecule has 2 N–H and O–H groups in total. The zero-order chi connectivity index (χ0) is 17.0.